The minimum Gasteiger partial charge on any atom is -0.494 e. The highest BCUT2D eigenvalue weighted by Gasteiger charge is 2.13. The van der Waals surface area contributed by atoms with Crippen LogP contribution in [0.15, 0.2) is 53.4 Å². The van der Waals surface area contributed by atoms with Crippen LogP contribution in [0, 0.1) is 0 Å². The molecule has 2 aromatic carbocycles. The van der Waals surface area contributed by atoms with Gasteiger partial charge in [-0.1, -0.05) is 25.5 Å². The summed E-state index contributed by atoms with van der Waals surface area (Å²) < 4.78 is 33.0. The van der Waals surface area contributed by atoms with Gasteiger partial charge in [0, 0.05) is 26.3 Å². The number of hydrogen-bond donors (Lipinski definition) is 1. The monoisotopic (exact) mass is 362 g/mol. The molecule has 0 aliphatic carbocycles. The fraction of sp³-hybridized carbons (Fsp3) is 0.368. The first-order valence-corrected chi connectivity index (χ1v) is 9.89. The molecule has 2 aromatic rings. The first kappa shape index (κ1) is 19.3. The molecule has 5 nitrogen and oxygen atoms in total. The van der Waals surface area contributed by atoms with Crippen molar-refractivity contribution < 1.29 is 13.2 Å². The molecule has 0 aromatic heterocycles. The summed E-state index contributed by atoms with van der Waals surface area (Å²) in [7, 11) is 0.388. The molecule has 0 spiro atoms. The van der Waals surface area contributed by atoms with Crippen LogP contribution in [0.1, 0.15) is 25.3 Å². The van der Waals surface area contributed by atoms with E-state index in [1.165, 1.54) is 0 Å². The number of sulfonamides is 1. The number of hydrogen-bond acceptors (Lipinski definition) is 4. The normalized spacial score (nSPS) is 11.3. The molecule has 0 bridgehead atoms. The van der Waals surface area contributed by atoms with Crippen LogP contribution in [0.2, 0.25) is 0 Å². The van der Waals surface area contributed by atoms with E-state index in [-0.39, 0.29) is 11.4 Å². The summed E-state index contributed by atoms with van der Waals surface area (Å²) in [5, 5.41) is 0. The second kappa shape index (κ2) is 8.87. The van der Waals surface area contributed by atoms with Gasteiger partial charge in [-0.3, -0.25) is 0 Å². The van der Waals surface area contributed by atoms with Crippen molar-refractivity contribution in [3.63, 3.8) is 0 Å². The van der Waals surface area contributed by atoms with Crippen LogP contribution >= 0.6 is 0 Å². The van der Waals surface area contributed by atoms with E-state index in [4.69, 9.17) is 4.74 Å². The molecule has 6 heteroatoms. The summed E-state index contributed by atoms with van der Waals surface area (Å²) in [4.78, 5) is 2.23. The Balaban J connectivity index is 1.96. The largest absolute Gasteiger partial charge is 0.494 e. The highest BCUT2D eigenvalue weighted by molar-refractivity contribution is 7.89. The molecule has 0 amide bonds. The third-order valence-electron chi connectivity index (χ3n) is 3.82. The molecular weight excluding hydrogens is 336 g/mol. The second-order valence-electron chi connectivity index (χ2n) is 6.06. The number of nitrogens with one attached hydrogen (secondary N) is 1. The summed E-state index contributed by atoms with van der Waals surface area (Å²) in [5.41, 5.74) is 1.99. The van der Waals surface area contributed by atoms with Crippen molar-refractivity contribution in [2.75, 3.05) is 25.6 Å². The molecule has 0 unspecified atom stereocenters. The van der Waals surface area contributed by atoms with Crippen LogP contribution in [0.3, 0.4) is 0 Å². The molecule has 0 fully saturated rings. The predicted molar refractivity (Wildman–Crippen MR) is 102 cm³/mol. The van der Waals surface area contributed by atoms with E-state index in [1.54, 1.807) is 24.3 Å². The average molecular weight is 362 g/mol. The zero-order chi connectivity index (χ0) is 18.3. The fourth-order valence-electron chi connectivity index (χ4n) is 2.22. The summed E-state index contributed by atoms with van der Waals surface area (Å²) in [5.74, 6) is 0.687. The SMILES string of the molecule is CCCCOc1ccc(S(=O)(=O)NCc2ccc(N(C)C)cc2)cc1. The zero-order valence-electron chi connectivity index (χ0n) is 15.0. The Labute approximate surface area is 150 Å². The standard InChI is InChI=1S/C19H26N2O3S/c1-4-5-14-24-18-10-12-19(13-11-18)25(22,23)20-15-16-6-8-17(9-7-16)21(2)3/h6-13,20H,4-5,14-15H2,1-3H3. The number of benzene rings is 2. The van der Waals surface area contributed by atoms with Crippen LogP contribution in [0.4, 0.5) is 5.69 Å². The van der Waals surface area contributed by atoms with E-state index in [9.17, 15) is 8.42 Å². The van der Waals surface area contributed by atoms with Crippen LogP contribution in [-0.2, 0) is 16.6 Å². The molecule has 0 aliphatic heterocycles. The van der Waals surface area contributed by atoms with Gasteiger partial charge in [-0.2, -0.15) is 0 Å². The van der Waals surface area contributed by atoms with Crippen molar-refractivity contribution in [1.29, 1.82) is 0 Å². The Morgan fingerprint density at radius 2 is 1.64 bits per heavy atom. The van der Waals surface area contributed by atoms with Crippen LogP contribution < -0.4 is 14.4 Å². The Kier molecular flexibility index (Phi) is 6.84. The van der Waals surface area contributed by atoms with E-state index in [2.05, 4.69) is 11.6 Å². The lowest BCUT2D eigenvalue weighted by molar-refractivity contribution is 0.309. The van der Waals surface area contributed by atoms with Gasteiger partial charge in [0.05, 0.1) is 11.5 Å². The Bertz CT molecular complexity index is 754. The maximum Gasteiger partial charge on any atom is 0.240 e. The lowest BCUT2D eigenvalue weighted by atomic mass is 10.2. The van der Waals surface area contributed by atoms with Gasteiger partial charge < -0.3 is 9.64 Å². The van der Waals surface area contributed by atoms with Crippen molar-refractivity contribution in [3.05, 3.63) is 54.1 Å². The molecule has 0 heterocycles. The lowest BCUT2D eigenvalue weighted by Gasteiger charge is -2.13. The van der Waals surface area contributed by atoms with E-state index in [1.807, 2.05) is 43.3 Å². The molecule has 0 aliphatic rings. The van der Waals surface area contributed by atoms with Gasteiger partial charge in [-0.15, -0.1) is 0 Å². The fourth-order valence-corrected chi connectivity index (χ4v) is 3.24. The van der Waals surface area contributed by atoms with E-state index in [0.29, 0.717) is 12.4 Å². The van der Waals surface area contributed by atoms with Gasteiger partial charge in [-0.25, -0.2) is 13.1 Å². The zero-order valence-corrected chi connectivity index (χ0v) is 15.8. The number of nitrogens with zero attached hydrogens (tertiary/aromatic N) is 1. The van der Waals surface area contributed by atoms with Crippen molar-refractivity contribution in [2.45, 2.75) is 31.2 Å². The molecule has 136 valence electrons. The number of unbranched alkanes of at least 4 members (excludes halogenated alkanes) is 1. The first-order chi connectivity index (χ1) is 11.9. The lowest BCUT2D eigenvalue weighted by Crippen LogP contribution is -2.23. The van der Waals surface area contributed by atoms with E-state index < -0.39 is 10.0 Å². The van der Waals surface area contributed by atoms with Gasteiger partial charge in [0.15, 0.2) is 0 Å². The highest BCUT2D eigenvalue weighted by Crippen LogP contribution is 2.17. The molecule has 0 saturated carbocycles. The van der Waals surface area contributed by atoms with Gasteiger partial charge >= 0.3 is 0 Å². The third-order valence-corrected chi connectivity index (χ3v) is 5.24. The second-order valence-corrected chi connectivity index (χ2v) is 7.83. The summed E-state index contributed by atoms with van der Waals surface area (Å²) in [6.45, 7) is 2.99. The maximum atomic E-state index is 12.4. The quantitative estimate of drug-likeness (QED) is 0.695. The van der Waals surface area contributed by atoms with Crippen molar-refractivity contribution >= 4 is 15.7 Å². The molecule has 1 N–H and O–H groups in total. The van der Waals surface area contributed by atoms with Crippen LogP contribution in [0.5, 0.6) is 5.75 Å². The first-order valence-electron chi connectivity index (χ1n) is 8.41. The number of anilines is 1. The Morgan fingerprint density at radius 3 is 2.20 bits per heavy atom. The van der Waals surface area contributed by atoms with Crippen LogP contribution in [-0.4, -0.2) is 29.1 Å². The number of rotatable bonds is 9. The van der Waals surface area contributed by atoms with Gasteiger partial charge in [0.25, 0.3) is 0 Å². The minimum atomic E-state index is -3.54. The van der Waals surface area contributed by atoms with E-state index >= 15 is 0 Å². The molecular formula is C19H26N2O3S. The number of ether oxygens (including phenoxy) is 1. The molecule has 0 atom stereocenters. The van der Waals surface area contributed by atoms with Crippen LogP contribution in [0.25, 0.3) is 0 Å². The van der Waals surface area contributed by atoms with Crippen molar-refractivity contribution in [3.8, 4) is 5.75 Å². The van der Waals surface area contributed by atoms with E-state index in [0.717, 1.165) is 24.1 Å². The van der Waals surface area contributed by atoms with Crippen molar-refractivity contribution in [2.24, 2.45) is 0 Å². The van der Waals surface area contributed by atoms with Gasteiger partial charge in [0.2, 0.25) is 10.0 Å². The molecule has 25 heavy (non-hydrogen) atoms. The molecule has 0 saturated heterocycles. The Hall–Kier alpha value is -2.05. The third kappa shape index (κ3) is 5.76. The van der Waals surface area contributed by atoms with Gasteiger partial charge in [0.1, 0.15) is 5.75 Å². The molecule has 0 radical (unpaired) electrons. The maximum absolute atomic E-state index is 12.4. The van der Waals surface area contributed by atoms with Crippen molar-refractivity contribution in [1.82, 2.24) is 4.72 Å². The predicted octanol–water partition coefficient (Wildman–Crippen LogP) is 3.41. The summed E-state index contributed by atoms with van der Waals surface area (Å²) in [6.07, 6.45) is 2.04. The van der Waals surface area contributed by atoms with Gasteiger partial charge in [-0.05, 0) is 48.4 Å². The molecule has 2 rings (SSSR count). The smallest absolute Gasteiger partial charge is 0.240 e. The summed E-state index contributed by atoms with van der Waals surface area (Å²) in [6, 6.07) is 14.3. The average Bonchev–Trinajstić information content (AvgIpc) is 2.61. The highest BCUT2D eigenvalue weighted by atomic mass is 32.2. The topological polar surface area (TPSA) is 58.6 Å². The minimum absolute atomic E-state index is 0.236. The Morgan fingerprint density at radius 1 is 1.00 bits per heavy atom. The summed E-state index contributed by atoms with van der Waals surface area (Å²) >= 11 is 0.